The molecule has 4 rings (SSSR count). The van der Waals surface area contributed by atoms with Gasteiger partial charge in [0.25, 0.3) is 0 Å². The summed E-state index contributed by atoms with van der Waals surface area (Å²) in [5.41, 5.74) is 5.92. The summed E-state index contributed by atoms with van der Waals surface area (Å²) in [4.78, 5) is 0. The van der Waals surface area contributed by atoms with Crippen LogP contribution in [0.1, 0.15) is 17.2 Å². The molecule has 0 aliphatic carbocycles. The van der Waals surface area contributed by atoms with E-state index in [-0.39, 0.29) is 6.04 Å². The standard InChI is InChI=1S/C20H16N2S/c23-20-21-18-12-11-16(14-7-3-1-4-8-14)13-17(18)19(22-20)15-9-5-2-6-10-15/h1-13,19H,(H2,21,22,23). The van der Waals surface area contributed by atoms with Crippen molar-refractivity contribution in [1.29, 1.82) is 0 Å². The van der Waals surface area contributed by atoms with Crippen LogP contribution in [0.15, 0.2) is 78.9 Å². The zero-order chi connectivity index (χ0) is 15.6. The molecule has 0 saturated carbocycles. The number of hydrogen-bond donors (Lipinski definition) is 2. The van der Waals surface area contributed by atoms with E-state index in [4.69, 9.17) is 12.2 Å². The van der Waals surface area contributed by atoms with Crippen molar-refractivity contribution in [3.05, 3.63) is 90.0 Å². The SMILES string of the molecule is S=C1Nc2ccc(-c3ccccc3)cc2C(c2ccccc2)N1. The number of benzene rings is 3. The number of rotatable bonds is 2. The van der Waals surface area contributed by atoms with Gasteiger partial charge in [0.15, 0.2) is 5.11 Å². The van der Waals surface area contributed by atoms with Crippen molar-refractivity contribution < 1.29 is 0 Å². The Balaban J connectivity index is 1.83. The summed E-state index contributed by atoms with van der Waals surface area (Å²) < 4.78 is 0. The first-order valence-corrected chi connectivity index (χ1v) is 8.04. The molecule has 0 saturated heterocycles. The van der Waals surface area contributed by atoms with Crippen molar-refractivity contribution in [1.82, 2.24) is 5.32 Å². The molecule has 1 aliphatic rings. The van der Waals surface area contributed by atoms with Crippen molar-refractivity contribution in [3.8, 4) is 11.1 Å². The zero-order valence-electron chi connectivity index (χ0n) is 12.5. The van der Waals surface area contributed by atoms with Gasteiger partial charge in [-0.25, -0.2) is 0 Å². The Kier molecular flexibility index (Phi) is 3.56. The topological polar surface area (TPSA) is 24.1 Å². The predicted octanol–water partition coefficient (Wildman–Crippen LogP) is 4.74. The van der Waals surface area contributed by atoms with Gasteiger partial charge in [0.1, 0.15) is 0 Å². The van der Waals surface area contributed by atoms with Crippen LogP contribution >= 0.6 is 12.2 Å². The third-order valence-corrected chi connectivity index (χ3v) is 4.35. The highest BCUT2D eigenvalue weighted by atomic mass is 32.1. The van der Waals surface area contributed by atoms with Crippen LogP contribution in [0.4, 0.5) is 5.69 Å². The van der Waals surface area contributed by atoms with Gasteiger partial charge in [0, 0.05) is 11.3 Å². The largest absolute Gasteiger partial charge is 0.351 e. The molecule has 3 aromatic carbocycles. The minimum absolute atomic E-state index is 0.0728. The average Bonchev–Trinajstić information content (AvgIpc) is 2.62. The lowest BCUT2D eigenvalue weighted by atomic mass is 9.92. The van der Waals surface area contributed by atoms with Crippen molar-refractivity contribution in [2.45, 2.75) is 6.04 Å². The summed E-state index contributed by atoms with van der Waals surface area (Å²) in [5, 5.41) is 7.31. The number of nitrogens with one attached hydrogen (secondary N) is 2. The Morgan fingerprint density at radius 3 is 2.17 bits per heavy atom. The molecule has 0 radical (unpaired) electrons. The van der Waals surface area contributed by atoms with E-state index in [2.05, 4.69) is 77.4 Å². The van der Waals surface area contributed by atoms with Gasteiger partial charge in [0.05, 0.1) is 6.04 Å². The molecule has 2 N–H and O–H groups in total. The molecule has 0 fully saturated rings. The van der Waals surface area contributed by atoms with Crippen molar-refractivity contribution >= 4 is 23.0 Å². The Bertz CT molecular complexity index is 844. The van der Waals surface area contributed by atoms with E-state index in [1.807, 2.05) is 12.1 Å². The second kappa shape index (κ2) is 5.86. The van der Waals surface area contributed by atoms with Crippen LogP contribution in [0.2, 0.25) is 0 Å². The van der Waals surface area contributed by atoms with E-state index in [0.717, 1.165) is 5.69 Å². The fourth-order valence-corrected chi connectivity index (χ4v) is 3.23. The van der Waals surface area contributed by atoms with Crippen LogP contribution in [0, 0.1) is 0 Å². The molecule has 0 spiro atoms. The van der Waals surface area contributed by atoms with Crippen LogP contribution < -0.4 is 10.6 Å². The zero-order valence-corrected chi connectivity index (χ0v) is 13.3. The van der Waals surface area contributed by atoms with E-state index in [0.29, 0.717) is 5.11 Å². The lowest BCUT2D eigenvalue weighted by Gasteiger charge is -2.30. The molecule has 1 unspecified atom stereocenters. The molecule has 23 heavy (non-hydrogen) atoms. The Morgan fingerprint density at radius 2 is 1.43 bits per heavy atom. The van der Waals surface area contributed by atoms with Crippen molar-refractivity contribution in [2.24, 2.45) is 0 Å². The maximum Gasteiger partial charge on any atom is 0.171 e. The van der Waals surface area contributed by atoms with Gasteiger partial charge >= 0.3 is 0 Å². The van der Waals surface area contributed by atoms with Gasteiger partial charge < -0.3 is 10.6 Å². The molecule has 0 aromatic heterocycles. The molecule has 1 atom stereocenters. The van der Waals surface area contributed by atoms with Gasteiger partial charge in [-0.2, -0.15) is 0 Å². The summed E-state index contributed by atoms with van der Waals surface area (Å²) in [5.74, 6) is 0. The van der Waals surface area contributed by atoms with Crippen molar-refractivity contribution in [2.75, 3.05) is 5.32 Å². The highest BCUT2D eigenvalue weighted by Gasteiger charge is 2.23. The van der Waals surface area contributed by atoms with E-state index in [1.165, 1.54) is 22.3 Å². The monoisotopic (exact) mass is 316 g/mol. The minimum Gasteiger partial charge on any atom is -0.351 e. The fourth-order valence-electron chi connectivity index (χ4n) is 3.00. The number of hydrogen-bond acceptors (Lipinski definition) is 1. The van der Waals surface area contributed by atoms with Gasteiger partial charge in [-0.05, 0) is 41.0 Å². The van der Waals surface area contributed by atoms with Gasteiger partial charge in [-0.3, -0.25) is 0 Å². The summed E-state index contributed by atoms with van der Waals surface area (Å²) in [7, 11) is 0. The first-order valence-electron chi connectivity index (χ1n) is 7.63. The van der Waals surface area contributed by atoms with E-state index in [9.17, 15) is 0 Å². The Labute approximate surface area is 141 Å². The van der Waals surface area contributed by atoms with Gasteiger partial charge in [-0.1, -0.05) is 66.7 Å². The molecule has 0 amide bonds. The normalized spacial score (nSPS) is 16.2. The van der Waals surface area contributed by atoms with E-state index in [1.54, 1.807) is 0 Å². The van der Waals surface area contributed by atoms with E-state index < -0.39 is 0 Å². The van der Waals surface area contributed by atoms with E-state index >= 15 is 0 Å². The fraction of sp³-hybridized carbons (Fsp3) is 0.0500. The Morgan fingerprint density at radius 1 is 0.739 bits per heavy atom. The highest BCUT2D eigenvalue weighted by molar-refractivity contribution is 7.80. The molecule has 1 heterocycles. The minimum atomic E-state index is 0.0728. The maximum atomic E-state index is 5.36. The maximum absolute atomic E-state index is 5.36. The predicted molar refractivity (Wildman–Crippen MR) is 99.5 cm³/mol. The van der Waals surface area contributed by atoms with Gasteiger partial charge in [0.2, 0.25) is 0 Å². The molecule has 112 valence electrons. The van der Waals surface area contributed by atoms with Crippen LogP contribution in [-0.4, -0.2) is 5.11 Å². The Hall–Kier alpha value is -2.65. The molecule has 1 aliphatic heterocycles. The molecule has 3 heteroatoms. The quantitative estimate of drug-likeness (QED) is 0.668. The van der Waals surface area contributed by atoms with Gasteiger partial charge in [-0.15, -0.1) is 0 Å². The molecule has 3 aromatic rings. The smallest absolute Gasteiger partial charge is 0.171 e. The summed E-state index contributed by atoms with van der Waals surface area (Å²) in [6, 6.07) is 27.4. The first-order chi connectivity index (χ1) is 11.3. The summed E-state index contributed by atoms with van der Waals surface area (Å²) in [6.07, 6.45) is 0. The third kappa shape index (κ3) is 2.71. The van der Waals surface area contributed by atoms with Crippen molar-refractivity contribution in [3.63, 3.8) is 0 Å². The molecule has 0 bridgehead atoms. The molecule has 2 nitrogen and oxygen atoms in total. The number of anilines is 1. The number of fused-ring (bicyclic) bond motifs is 1. The second-order valence-electron chi connectivity index (χ2n) is 5.61. The lowest BCUT2D eigenvalue weighted by molar-refractivity contribution is 0.758. The summed E-state index contributed by atoms with van der Waals surface area (Å²) >= 11 is 5.36. The highest BCUT2D eigenvalue weighted by Crippen LogP contribution is 2.35. The third-order valence-electron chi connectivity index (χ3n) is 4.13. The second-order valence-corrected chi connectivity index (χ2v) is 6.02. The van der Waals surface area contributed by atoms with Crippen LogP contribution in [-0.2, 0) is 0 Å². The number of thiocarbonyl (C=S) groups is 1. The first kappa shape index (κ1) is 14.0. The molecular formula is C20H16N2S. The van der Waals surface area contributed by atoms with Crippen LogP contribution in [0.25, 0.3) is 11.1 Å². The summed E-state index contributed by atoms with van der Waals surface area (Å²) in [6.45, 7) is 0. The van der Waals surface area contributed by atoms with Crippen LogP contribution in [0.5, 0.6) is 0 Å². The average molecular weight is 316 g/mol. The van der Waals surface area contributed by atoms with Crippen LogP contribution in [0.3, 0.4) is 0 Å². The molecular weight excluding hydrogens is 300 g/mol. The lowest BCUT2D eigenvalue weighted by Crippen LogP contribution is -2.38.